The largest absolute Gasteiger partial charge is 0.354 e. The Labute approximate surface area is 185 Å². The zero-order valence-corrected chi connectivity index (χ0v) is 17.6. The molecular weight excluding hydrogens is 410 g/mol. The fraction of sp³-hybridized carbons (Fsp3) is 0.348. The summed E-state index contributed by atoms with van der Waals surface area (Å²) >= 11 is 0. The molecule has 0 radical (unpaired) electrons. The van der Waals surface area contributed by atoms with E-state index >= 15 is 0 Å². The molecule has 166 valence electrons. The first-order chi connectivity index (χ1) is 15.5. The fourth-order valence-electron chi connectivity index (χ4n) is 4.03. The lowest BCUT2D eigenvalue weighted by Gasteiger charge is -2.41. The van der Waals surface area contributed by atoms with Crippen LogP contribution in [0.1, 0.15) is 33.6 Å². The molecule has 2 aromatic rings. The second-order valence-electron chi connectivity index (χ2n) is 7.87. The van der Waals surface area contributed by atoms with Crippen LogP contribution < -0.4 is 10.6 Å². The highest BCUT2D eigenvalue weighted by molar-refractivity contribution is 6.00. The van der Waals surface area contributed by atoms with E-state index in [1.165, 1.54) is 11.1 Å². The van der Waals surface area contributed by atoms with Crippen molar-refractivity contribution in [3.05, 3.63) is 66.0 Å². The van der Waals surface area contributed by atoms with E-state index in [-0.39, 0.29) is 30.8 Å². The monoisotopic (exact) mass is 435 g/mol. The molecule has 4 amide bonds. The van der Waals surface area contributed by atoms with Crippen LogP contribution in [0.15, 0.2) is 54.9 Å². The summed E-state index contributed by atoms with van der Waals surface area (Å²) < 4.78 is 0. The topological polar surface area (TPSA) is 112 Å². The van der Waals surface area contributed by atoms with Crippen molar-refractivity contribution in [2.45, 2.75) is 24.9 Å². The Bertz CT molecular complexity index is 998. The number of carbonyl (C=O) groups is 4. The van der Waals surface area contributed by atoms with Crippen LogP contribution in [0.4, 0.5) is 0 Å². The maximum absolute atomic E-state index is 13.2. The molecule has 1 aromatic heterocycles. The molecule has 1 aromatic carbocycles. The van der Waals surface area contributed by atoms with Crippen molar-refractivity contribution in [3.63, 3.8) is 0 Å². The van der Waals surface area contributed by atoms with Crippen LogP contribution in [0.25, 0.3) is 0 Å². The summed E-state index contributed by atoms with van der Waals surface area (Å²) in [7, 11) is 0. The van der Waals surface area contributed by atoms with Crippen molar-refractivity contribution in [2.24, 2.45) is 0 Å². The van der Waals surface area contributed by atoms with Gasteiger partial charge in [0, 0.05) is 37.6 Å². The predicted octanol–water partition coefficient (Wildman–Crippen LogP) is 0.443. The van der Waals surface area contributed by atoms with Gasteiger partial charge in [0.05, 0.1) is 12.1 Å². The number of benzene rings is 1. The number of amides is 4. The van der Waals surface area contributed by atoms with Crippen LogP contribution in [-0.2, 0) is 9.59 Å². The number of rotatable bonds is 4. The Morgan fingerprint density at radius 3 is 2.50 bits per heavy atom. The van der Waals surface area contributed by atoms with Gasteiger partial charge in [-0.05, 0) is 37.1 Å². The normalized spacial score (nSPS) is 20.9. The minimum absolute atomic E-state index is 0.0342. The van der Waals surface area contributed by atoms with Crippen molar-refractivity contribution in [1.82, 2.24) is 25.4 Å². The number of hydrogen-bond acceptors (Lipinski definition) is 5. The Balaban J connectivity index is 1.56. The van der Waals surface area contributed by atoms with Gasteiger partial charge in [0.25, 0.3) is 11.8 Å². The van der Waals surface area contributed by atoms with E-state index in [0.29, 0.717) is 30.6 Å². The Morgan fingerprint density at radius 1 is 1.00 bits per heavy atom. The molecule has 32 heavy (non-hydrogen) atoms. The number of nitrogens with zero attached hydrogens (tertiary/aromatic N) is 3. The van der Waals surface area contributed by atoms with E-state index in [2.05, 4.69) is 15.6 Å². The highest BCUT2D eigenvalue weighted by Gasteiger charge is 2.39. The summed E-state index contributed by atoms with van der Waals surface area (Å²) in [5.41, 5.74) is 0.883. The third kappa shape index (κ3) is 4.61. The van der Waals surface area contributed by atoms with E-state index in [0.717, 1.165) is 6.42 Å². The summed E-state index contributed by atoms with van der Waals surface area (Å²) in [6.07, 6.45) is 4.36. The average Bonchev–Trinajstić information content (AvgIpc) is 2.85. The predicted molar refractivity (Wildman–Crippen MR) is 116 cm³/mol. The van der Waals surface area contributed by atoms with Gasteiger partial charge >= 0.3 is 0 Å². The molecule has 0 spiro atoms. The van der Waals surface area contributed by atoms with Crippen LogP contribution in [0.5, 0.6) is 0 Å². The maximum atomic E-state index is 13.2. The summed E-state index contributed by atoms with van der Waals surface area (Å²) in [5.74, 6) is -1.21. The third-order valence-corrected chi connectivity index (χ3v) is 5.76. The van der Waals surface area contributed by atoms with E-state index in [4.69, 9.17) is 0 Å². The lowest BCUT2D eigenvalue weighted by molar-refractivity contribution is -0.133. The number of piperazine rings is 1. The van der Waals surface area contributed by atoms with Gasteiger partial charge in [-0.3, -0.25) is 24.2 Å². The Kier molecular flexibility index (Phi) is 6.44. The summed E-state index contributed by atoms with van der Waals surface area (Å²) in [4.78, 5) is 58.5. The molecule has 0 unspecified atom stereocenters. The zero-order chi connectivity index (χ0) is 22.5. The lowest BCUT2D eigenvalue weighted by atomic mass is 10.0. The molecule has 4 rings (SSSR count). The molecule has 3 heterocycles. The standard InChI is InChI=1S/C23H25N5O4/c29-20-18(9-5-11-25-20)26-21(30)19-15-27(22(31)17-8-4-10-24-14-17)12-13-28(19)23(32)16-6-2-1-3-7-16/h1-4,6-8,10,14,18-19H,5,9,11-13,15H2,(H,25,29)(H,26,30)/t18-,19-/m0/s1. The first-order valence-corrected chi connectivity index (χ1v) is 10.7. The van der Waals surface area contributed by atoms with E-state index in [1.54, 1.807) is 47.5 Å². The number of nitrogens with one attached hydrogen (secondary N) is 2. The van der Waals surface area contributed by atoms with Crippen molar-refractivity contribution in [2.75, 3.05) is 26.2 Å². The van der Waals surface area contributed by atoms with Gasteiger partial charge in [0.15, 0.2) is 0 Å². The first-order valence-electron chi connectivity index (χ1n) is 10.7. The molecular formula is C23H25N5O4. The number of pyridine rings is 1. The zero-order valence-electron chi connectivity index (χ0n) is 17.6. The molecule has 0 aliphatic carbocycles. The molecule has 2 saturated heterocycles. The molecule has 0 bridgehead atoms. The fourth-order valence-corrected chi connectivity index (χ4v) is 4.03. The van der Waals surface area contributed by atoms with Crippen LogP contribution in [0.3, 0.4) is 0 Å². The smallest absolute Gasteiger partial charge is 0.255 e. The molecule has 9 heteroatoms. The van der Waals surface area contributed by atoms with Crippen molar-refractivity contribution in [1.29, 1.82) is 0 Å². The second-order valence-corrected chi connectivity index (χ2v) is 7.87. The van der Waals surface area contributed by atoms with Crippen molar-refractivity contribution < 1.29 is 19.2 Å². The Morgan fingerprint density at radius 2 is 1.78 bits per heavy atom. The Hall–Kier alpha value is -3.75. The number of aromatic nitrogens is 1. The molecule has 2 atom stereocenters. The van der Waals surface area contributed by atoms with Gasteiger partial charge in [-0.25, -0.2) is 0 Å². The average molecular weight is 435 g/mol. The SMILES string of the molecule is O=C1NCCC[C@@H]1NC(=O)[C@@H]1CN(C(=O)c2cccnc2)CCN1C(=O)c1ccccc1. The van der Waals surface area contributed by atoms with Crippen LogP contribution in [0.2, 0.25) is 0 Å². The number of piperidine rings is 1. The number of hydrogen-bond donors (Lipinski definition) is 2. The van der Waals surface area contributed by atoms with Gasteiger partial charge in [0.2, 0.25) is 11.8 Å². The molecule has 2 aliphatic heterocycles. The third-order valence-electron chi connectivity index (χ3n) is 5.76. The molecule has 2 aliphatic rings. The first kappa shape index (κ1) is 21.5. The summed E-state index contributed by atoms with van der Waals surface area (Å²) in [5, 5.41) is 5.52. The summed E-state index contributed by atoms with van der Waals surface area (Å²) in [6, 6.07) is 10.5. The second kappa shape index (κ2) is 9.59. The highest BCUT2D eigenvalue weighted by atomic mass is 16.2. The minimum Gasteiger partial charge on any atom is -0.354 e. The molecule has 2 N–H and O–H groups in total. The minimum atomic E-state index is -0.910. The highest BCUT2D eigenvalue weighted by Crippen LogP contribution is 2.17. The van der Waals surface area contributed by atoms with E-state index in [1.807, 2.05) is 6.07 Å². The maximum Gasteiger partial charge on any atom is 0.255 e. The lowest BCUT2D eigenvalue weighted by Crippen LogP contribution is -2.63. The van der Waals surface area contributed by atoms with Gasteiger partial charge < -0.3 is 20.4 Å². The van der Waals surface area contributed by atoms with E-state index in [9.17, 15) is 19.2 Å². The molecule has 2 fully saturated rings. The van der Waals surface area contributed by atoms with Crippen LogP contribution in [-0.4, -0.2) is 76.7 Å². The van der Waals surface area contributed by atoms with Crippen LogP contribution in [0, 0.1) is 0 Å². The quantitative estimate of drug-likeness (QED) is 0.724. The van der Waals surface area contributed by atoms with Crippen molar-refractivity contribution >= 4 is 23.6 Å². The van der Waals surface area contributed by atoms with Crippen molar-refractivity contribution in [3.8, 4) is 0 Å². The van der Waals surface area contributed by atoms with Gasteiger partial charge in [-0.15, -0.1) is 0 Å². The van der Waals surface area contributed by atoms with E-state index < -0.39 is 18.0 Å². The number of carbonyl (C=O) groups excluding carboxylic acids is 4. The molecule has 9 nitrogen and oxygen atoms in total. The molecule has 0 saturated carbocycles. The van der Waals surface area contributed by atoms with Crippen LogP contribution >= 0.6 is 0 Å². The van der Waals surface area contributed by atoms with Gasteiger partial charge in [-0.2, -0.15) is 0 Å². The summed E-state index contributed by atoms with van der Waals surface area (Å²) in [6.45, 7) is 1.11. The van der Waals surface area contributed by atoms with Gasteiger partial charge in [0.1, 0.15) is 12.1 Å². The van der Waals surface area contributed by atoms with Gasteiger partial charge in [-0.1, -0.05) is 18.2 Å².